The lowest BCUT2D eigenvalue weighted by Gasteiger charge is -2.25. The maximum atomic E-state index is 13.2. The van der Waals surface area contributed by atoms with Crippen molar-refractivity contribution >= 4 is 17.2 Å². The van der Waals surface area contributed by atoms with Gasteiger partial charge in [-0.15, -0.1) is 11.3 Å². The molecule has 0 spiro atoms. The van der Waals surface area contributed by atoms with E-state index in [2.05, 4.69) is 13.8 Å². The van der Waals surface area contributed by atoms with Crippen molar-refractivity contribution in [2.75, 3.05) is 20.3 Å². The summed E-state index contributed by atoms with van der Waals surface area (Å²) in [7, 11) is 1.66. The van der Waals surface area contributed by atoms with Gasteiger partial charge in [-0.05, 0) is 55.5 Å². The van der Waals surface area contributed by atoms with E-state index >= 15 is 0 Å². The Morgan fingerprint density at radius 3 is 2.88 bits per heavy atom. The van der Waals surface area contributed by atoms with Crippen molar-refractivity contribution < 1.29 is 14.3 Å². The van der Waals surface area contributed by atoms with Gasteiger partial charge in [0.05, 0.1) is 18.1 Å². The predicted molar refractivity (Wildman–Crippen MR) is 105 cm³/mol. The largest absolute Gasteiger partial charge is 0.497 e. The van der Waals surface area contributed by atoms with Crippen LogP contribution in [0.5, 0.6) is 5.75 Å². The van der Waals surface area contributed by atoms with Gasteiger partial charge in [-0.1, -0.05) is 19.1 Å². The summed E-state index contributed by atoms with van der Waals surface area (Å²) in [4.78, 5) is 17.3. The number of nitrogens with zero attached hydrogens (tertiary/aromatic N) is 1. The average molecular weight is 374 g/mol. The zero-order valence-electron chi connectivity index (χ0n) is 15.8. The van der Waals surface area contributed by atoms with Gasteiger partial charge in [-0.2, -0.15) is 0 Å². The van der Waals surface area contributed by atoms with Gasteiger partial charge in [0.1, 0.15) is 5.75 Å². The summed E-state index contributed by atoms with van der Waals surface area (Å²) in [5, 5.41) is 0. The molecule has 2 heterocycles. The molecule has 2 aromatic rings. The molecular formula is C21H27NO3S. The fourth-order valence-corrected chi connectivity index (χ4v) is 4.46. The van der Waals surface area contributed by atoms with E-state index in [0.29, 0.717) is 13.1 Å². The van der Waals surface area contributed by atoms with Crippen molar-refractivity contribution in [3.05, 3.63) is 51.2 Å². The smallest absolute Gasteiger partial charge is 0.264 e. The van der Waals surface area contributed by atoms with Crippen molar-refractivity contribution in [1.29, 1.82) is 0 Å². The van der Waals surface area contributed by atoms with Crippen LogP contribution in [0, 0.1) is 6.92 Å². The average Bonchev–Trinajstić information content (AvgIpc) is 3.30. The number of methoxy groups -OCH3 is 1. The zero-order valence-corrected chi connectivity index (χ0v) is 16.6. The molecule has 0 N–H and O–H groups in total. The highest BCUT2D eigenvalue weighted by Gasteiger charge is 2.25. The van der Waals surface area contributed by atoms with Crippen LogP contribution >= 0.6 is 11.3 Å². The predicted octanol–water partition coefficient (Wildman–Crippen LogP) is 4.45. The Balaban J connectivity index is 1.82. The second-order valence-electron chi connectivity index (χ2n) is 6.74. The van der Waals surface area contributed by atoms with Gasteiger partial charge in [0.15, 0.2) is 0 Å². The number of ether oxygens (including phenoxy) is 2. The van der Waals surface area contributed by atoms with Gasteiger partial charge in [0.25, 0.3) is 5.91 Å². The molecule has 1 unspecified atom stereocenters. The van der Waals surface area contributed by atoms with Crippen molar-refractivity contribution in [3.63, 3.8) is 0 Å². The monoisotopic (exact) mass is 373 g/mol. The van der Waals surface area contributed by atoms with E-state index in [1.54, 1.807) is 18.4 Å². The van der Waals surface area contributed by atoms with Crippen molar-refractivity contribution in [1.82, 2.24) is 4.90 Å². The third-order valence-electron chi connectivity index (χ3n) is 4.80. The quantitative estimate of drug-likeness (QED) is 0.720. The molecule has 0 aliphatic carbocycles. The van der Waals surface area contributed by atoms with Gasteiger partial charge in [-0.25, -0.2) is 0 Å². The molecule has 1 aromatic heterocycles. The van der Waals surface area contributed by atoms with Crippen molar-refractivity contribution in [3.8, 4) is 5.75 Å². The van der Waals surface area contributed by atoms with Gasteiger partial charge >= 0.3 is 0 Å². The molecule has 1 fully saturated rings. The third-order valence-corrected chi connectivity index (χ3v) is 6.16. The van der Waals surface area contributed by atoms with Crippen LogP contribution in [0.1, 0.15) is 45.4 Å². The lowest BCUT2D eigenvalue weighted by atomic mass is 10.1. The SMILES string of the molecule is CCc1sc(C(=O)N(Cc2cccc(OC)c2)CC2CCCO2)cc1C. The molecule has 0 radical (unpaired) electrons. The minimum absolute atomic E-state index is 0.0936. The first-order valence-electron chi connectivity index (χ1n) is 9.23. The highest BCUT2D eigenvalue weighted by atomic mass is 32.1. The summed E-state index contributed by atoms with van der Waals surface area (Å²) in [5.41, 5.74) is 2.28. The van der Waals surface area contributed by atoms with Crippen LogP contribution in [0.2, 0.25) is 0 Å². The molecule has 1 saturated heterocycles. The second-order valence-corrected chi connectivity index (χ2v) is 7.88. The molecule has 4 nitrogen and oxygen atoms in total. The Labute approximate surface area is 159 Å². The maximum absolute atomic E-state index is 13.2. The molecule has 26 heavy (non-hydrogen) atoms. The molecule has 1 aliphatic rings. The molecule has 5 heteroatoms. The summed E-state index contributed by atoms with van der Waals surface area (Å²) in [6.07, 6.45) is 3.19. The van der Waals surface area contributed by atoms with E-state index in [0.717, 1.165) is 42.1 Å². The lowest BCUT2D eigenvalue weighted by Crippen LogP contribution is -2.36. The highest BCUT2D eigenvalue weighted by molar-refractivity contribution is 7.14. The summed E-state index contributed by atoms with van der Waals surface area (Å²) < 4.78 is 11.1. The Morgan fingerprint density at radius 1 is 1.38 bits per heavy atom. The number of hydrogen-bond acceptors (Lipinski definition) is 4. The van der Waals surface area contributed by atoms with Gasteiger partial charge < -0.3 is 14.4 Å². The number of rotatable bonds is 7. The first-order chi connectivity index (χ1) is 12.6. The number of carbonyl (C=O) groups excluding carboxylic acids is 1. The lowest BCUT2D eigenvalue weighted by molar-refractivity contribution is 0.0510. The number of carbonyl (C=O) groups is 1. The molecule has 1 amide bonds. The molecular weight excluding hydrogens is 346 g/mol. The van der Waals surface area contributed by atoms with Crippen LogP contribution in [0.4, 0.5) is 0 Å². The Bertz CT molecular complexity index is 749. The Hall–Kier alpha value is -1.85. The number of amides is 1. The van der Waals surface area contributed by atoms with Crippen LogP contribution in [0.3, 0.4) is 0 Å². The number of hydrogen-bond donors (Lipinski definition) is 0. The minimum atomic E-state index is 0.0936. The van der Waals surface area contributed by atoms with E-state index in [1.807, 2.05) is 35.2 Å². The highest BCUT2D eigenvalue weighted by Crippen LogP contribution is 2.26. The normalized spacial score (nSPS) is 16.7. The summed E-state index contributed by atoms with van der Waals surface area (Å²) in [6, 6.07) is 9.95. The van der Waals surface area contributed by atoms with E-state index in [9.17, 15) is 4.79 Å². The molecule has 0 saturated carbocycles. The number of aryl methyl sites for hydroxylation is 2. The summed E-state index contributed by atoms with van der Waals surface area (Å²) in [5.74, 6) is 0.906. The Kier molecular flexibility index (Phi) is 6.33. The summed E-state index contributed by atoms with van der Waals surface area (Å²) >= 11 is 1.62. The number of benzene rings is 1. The van der Waals surface area contributed by atoms with Gasteiger partial charge in [-0.3, -0.25) is 4.79 Å². The van der Waals surface area contributed by atoms with Gasteiger partial charge in [0.2, 0.25) is 0 Å². The van der Waals surface area contributed by atoms with Crippen LogP contribution < -0.4 is 4.74 Å². The molecule has 140 valence electrons. The summed E-state index contributed by atoms with van der Waals surface area (Å²) in [6.45, 7) is 6.21. The molecule has 0 bridgehead atoms. The molecule has 3 rings (SSSR count). The fraction of sp³-hybridized carbons (Fsp3) is 0.476. The van der Waals surface area contributed by atoms with Crippen LogP contribution in [-0.2, 0) is 17.7 Å². The molecule has 1 atom stereocenters. The molecule has 1 aliphatic heterocycles. The van der Waals surface area contributed by atoms with Crippen LogP contribution in [0.15, 0.2) is 30.3 Å². The van der Waals surface area contributed by atoms with E-state index in [1.165, 1.54) is 10.4 Å². The van der Waals surface area contributed by atoms with Gasteiger partial charge in [0, 0.05) is 24.6 Å². The van der Waals surface area contributed by atoms with Crippen molar-refractivity contribution in [2.45, 2.75) is 45.8 Å². The first kappa shape index (κ1) is 18.9. The topological polar surface area (TPSA) is 38.8 Å². The zero-order chi connectivity index (χ0) is 18.5. The van der Waals surface area contributed by atoms with Crippen LogP contribution in [0.25, 0.3) is 0 Å². The van der Waals surface area contributed by atoms with E-state index < -0.39 is 0 Å². The minimum Gasteiger partial charge on any atom is -0.497 e. The van der Waals surface area contributed by atoms with E-state index in [-0.39, 0.29) is 12.0 Å². The standard InChI is InChI=1S/C21H27NO3S/c1-4-19-15(2)11-20(26-19)21(23)22(14-18-9-6-10-25-18)13-16-7-5-8-17(12-16)24-3/h5,7-8,11-12,18H,4,6,9-10,13-14H2,1-3H3. The van der Waals surface area contributed by atoms with E-state index in [4.69, 9.17) is 9.47 Å². The Morgan fingerprint density at radius 2 is 2.23 bits per heavy atom. The number of thiophene rings is 1. The fourth-order valence-electron chi connectivity index (χ4n) is 3.38. The second kappa shape index (κ2) is 8.69. The maximum Gasteiger partial charge on any atom is 0.264 e. The first-order valence-corrected chi connectivity index (χ1v) is 10.1. The van der Waals surface area contributed by atoms with Crippen LogP contribution in [-0.4, -0.2) is 37.2 Å². The molecule has 1 aromatic carbocycles. The third kappa shape index (κ3) is 4.46. The van der Waals surface area contributed by atoms with Crippen molar-refractivity contribution in [2.24, 2.45) is 0 Å².